The fraction of sp³-hybridized carbons (Fsp3) is 0.417. The minimum Gasteiger partial charge on any atom is -0.394 e. The first-order chi connectivity index (χ1) is 28.5. The third kappa shape index (κ3) is 10.3. The molecule has 1 unspecified atom stereocenters. The number of fused-ring (bicyclic) bond motifs is 4. The van der Waals surface area contributed by atoms with Crippen LogP contribution in [0.5, 0.6) is 0 Å². The van der Waals surface area contributed by atoms with Crippen LogP contribution in [0, 0.1) is 27.7 Å². The van der Waals surface area contributed by atoms with Crippen LogP contribution in [-0.4, -0.2) is 135 Å². The third-order valence-corrected chi connectivity index (χ3v) is 10.7. The first-order valence-electron chi connectivity index (χ1n) is 18.2. The first kappa shape index (κ1) is 46.4. The van der Waals surface area contributed by atoms with Gasteiger partial charge in [0.25, 0.3) is 11.1 Å². The fourth-order valence-corrected chi connectivity index (χ4v) is 7.12. The van der Waals surface area contributed by atoms with Crippen LogP contribution in [0.2, 0.25) is 0 Å². The van der Waals surface area contributed by atoms with Crippen LogP contribution in [0.1, 0.15) is 29.2 Å². The van der Waals surface area contributed by atoms with Gasteiger partial charge in [-0.1, -0.05) is 0 Å². The Morgan fingerprint density at radius 2 is 1.08 bits per heavy atom. The van der Waals surface area contributed by atoms with Gasteiger partial charge in [-0.3, -0.25) is 33.8 Å². The van der Waals surface area contributed by atoms with E-state index < -0.39 is 92.7 Å². The van der Waals surface area contributed by atoms with Crippen molar-refractivity contribution < 1.29 is 59.0 Å². The van der Waals surface area contributed by atoms with Crippen molar-refractivity contribution >= 4 is 35.9 Å². The summed E-state index contributed by atoms with van der Waals surface area (Å²) in [6, 6.07) is 6.85. The van der Waals surface area contributed by atoms with Crippen molar-refractivity contribution in [3.8, 4) is 23.0 Å². The van der Waals surface area contributed by atoms with Crippen LogP contribution in [0.25, 0.3) is 45.1 Å². The molecule has 4 aliphatic rings. The molecule has 0 bridgehead atoms. The Morgan fingerprint density at radius 3 is 1.51 bits per heavy atom. The molecule has 6 rings (SSSR count). The summed E-state index contributed by atoms with van der Waals surface area (Å²) in [6.45, 7) is 5.67. The maximum atomic E-state index is 12.4. The average Bonchev–Trinajstić information content (AvgIpc) is 3.18. The van der Waals surface area contributed by atoms with Gasteiger partial charge in [-0.25, -0.2) is 24.1 Å². The van der Waals surface area contributed by atoms with E-state index in [0.29, 0.717) is 22.1 Å². The van der Waals surface area contributed by atoms with E-state index in [1.54, 1.807) is 31.2 Å². The molecular weight excluding hydrogens is 831 g/mol. The number of nitrogens with one attached hydrogen (secondary N) is 2. The second kappa shape index (κ2) is 18.5. The van der Waals surface area contributed by atoms with Crippen molar-refractivity contribution in [1.29, 1.82) is 0 Å². The molecule has 0 aliphatic carbocycles. The van der Waals surface area contributed by atoms with Gasteiger partial charge in [0.05, 0.1) is 48.4 Å². The minimum atomic E-state index is -5.08. The Labute approximate surface area is 342 Å². The van der Waals surface area contributed by atoms with Crippen molar-refractivity contribution in [2.75, 3.05) is 13.2 Å². The number of aryl methyl sites for hydroxylation is 4. The smallest absolute Gasteiger partial charge is 0.394 e. The van der Waals surface area contributed by atoms with E-state index in [2.05, 4.69) is 29.4 Å². The quantitative estimate of drug-likeness (QED) is 0.0415. The Kier molecular flexibility index (Phi) is 14.1. The number of rotatable bonds is 13. The average molecular weight is 875 g/mol. The molecule has 0 spiro atoms. The number of hydrogen-bond acceptors (Lipinski definition) is 19. The normalized spacial score (nSPS) is 15.8. The van der Waals surface area contributed by atoms with Crippen molar-refractivity contribution in [3.63, 3.8) is 0 Å². The molecule has 10 N–H and O–H groups in total. The molecule has 61 heavy (non-hydrogen) atoms. The van der Waals surface area contributed by atoms with Crippen LogP contribution < -0.4 is 22.5 Å². The Hall–Kier alpha value is -5.66. The van der Waals surface area contributed by atoms with Crippen molar-refractivity contribution in [2.45, 2.75) is 84.3 Å². The molecular formula is C36H43N8O16P. The Bertz CT molecular complexity index is 2820. The Morgan fingerprint density at radius 1 is 0.672 bits per heavy atom. The number of aromatic nitrogens is 8. The van der Waals surface area contributed by atoms with E-state index in [0.717, 1.165) is 29.2 Å². The number of hydrogen-bond donors (Lipinski definition) is 10. The zero-order chi connectivity index (χ0) is 45.2. The molecule has 4 heterocycles. The minimum absolute atomic E-state index is 0.0516. The molecule has 328 valence electrons. The van der Waals surface area contributed by atoms with Gasteiger partial charge in [0.2, 0.25) is 0 Å². The zero-order valence-electron chi connectivity index (χ0n) is 33.1. The lowest BCUT2D eigenvalue weighted by molar-refractivity contribution is -0.135. The number of phosphoric ester groups is 1. The van der Waals surface area contributed by atoms with Crippen molar-refractivity contribution in [3.05, 3.63) is 88.2 Å². The molecule has 0 radical (unpaired) electrons. The first-order valence-corrected chi connectivity index (χ1v) is 19.7. The lowest BCUT2D eigenvalue weighted by atomic mass is 10.1. The van der Waals surface area contributed by atoms with Crippen LogP contribution >= 0.6 is 7.82 Å². The summed E-state index contributed by atoms with van der Waals surface area (Å²) in [4.78, 5) is 89.5. The maximum absolute atomic E-state index is 12.4. The van der Waals surface area contributed by atoms with Crippen LogP contribution in [0.3, 0.4) is 0 Å². The van der Waals surface area contributed by atoms with Gasteiger partial charge in [0.1, 0.15) is 36.6 Å². The number of aromatic amines is 2. The summed E-state index contributed by atoms with van der Waals surface area (Å²) in [5.41, 5.74) is 1.27. The van der Waals surface area contributed by atoms with E-state index in [9.17, 15) is 64.1 Å². The highest BCUT2D eigenvalue weighted by Crippen LogP contribution is 2.46. The van der Waals surface area contributed by atoms with E-state index in [4.69, 9.17) is 9.63 Å². The predicted octanol–water partition coefficient (Wildman–Crippen LogP) is -2.76. The van der Waals surface area contributed by atoms with Crippen LogP contribution in [0.15, 0.2) is 43.4 Å². The molecule has 0 amide bonds. The maximum Gasteiger partial charge on any atom is 0.530 e. The van der Waals surface area contributed by atoms with Gasteiger partial charge in [0.15, 0.2) is 23.0 Å². The molecule has 0 saturated heterocycles. The van der Waals surface area contributed by atoms with Gasteiger partial charge in [0, 0.05) is 6.92 Å². The van der Waals surface area contributed by atoms with E-state index in [-0.39, 0.29) is 29.6 Å². The number of aliphatic hydroxyl groups excluding tert-OH is 7. The molecule has 24 nitrogen and oxygen atoms in total. The number of benzene rings is 2. The highest BCUT2D eigenvalue weighted by atomic mass is 31.2. The number of H-pyrrole nitrogens is 2. The van der Waals surface area contributed by atoms with Gasteiger partial charge < -0.3 is 49.4 Å². The summed E-state index contributed by atoms with van der Waals surface area (Å²) in [6.07, 6.45) is -10.3. The summed E-state index contributed by atoms with van der Waals surface area (Å²) in [5, 5.41) is 68.5. The lowest BCUT2D eigenvalue weighted by Crippen LogP contribution is -2.43. The number of carbonyl (C=O) groups excluding carboxylic acids is 1. The molecule has 25 heteroatoms. The van der Waals surface area contributed by atoms with Crippen molar-refractivity contribution in [1.82, 2.24) is 39.0 Å². The number of nitrogens with zero attached hydrogens (tertiary/aromatic N) is 6. The summed E-state index contributed by atoms with van der Waals surface area (Å²) in [7, 11) is -5.08. The molecule has 2 aromatic carbocycles. The topological polar surface area (TPSA) is 376 Å². The van der Waals surface area contributed by atoms with E-state index >= 15 is 0 Å². The molecule has 0 saturated carbocycles. The lowest BCUT2D eigenvalue weighted by Gasteiger charge is -2.29. The van der Waals surface area contributed by atoms with Gasteiger partial charge in [-0.2, -0.15) is 9.97 Å². The van der Waals surface area contributed by atoms with E-state index in [1.165, 1.54) is 9.13 Å². The molecule has 0 aromatic heterocycles. The molecule has 0 fully saturated rings. The SMILES string of the molecule is CC(=O)OP(=O)(O)O[C@H](Cn1c2nc(=O)[nH]c(=O)c-2nc2cc(C)c(C)cc21)[C@@H](O)[C@@H](O)CO.Cc1cc2nc3c(=O)[nH]c(=O)nc-3n(C[C@@H](O)[C@@H](O)[C@@H](O)CO)c2cc1C. The number of carbonyl (C=O) groups is 1. The number of phosphoric acid groups is 1. The second-order valence-electron chi connectivity index (χ2n) is 14.1. The Balaban J connectivity index is 0.000000237. The van der Waals surface area contributed by atoms with Gasteiger partial charge >= 0.3 is 25.2 Å². The van der Waals surface area contributed by atoms with E-state index in [1.807, 2.05) is 25.8 Å². The highest BCUT2D eigenvalue weighted by Gasteiger charge is 2.37. The molecule has 7 atom stereocenters. The summed E-state index contributed by atoms with van der Waals surface area (Å²) in [5.74, 6) is -1.43. The molecule has 2 aromatic rings. The van der Waals surface area contributed by atoms with Crippen LogP contribution in [-0.2, 0) is 31.5 Å². The second-order valence-corrected chi connectivity index (χ2v) is 15.5. The number of aliphatic hydroxyl groups is 7. The van der Waals surface area contributed by atoms with Gasteiger partial charge in [-0.05, 0) is 74.2 Å². The standard InChI is InChI=1S/C19H23N4O10P.C17H20N4O6/c1-8-4-11-12(5-9(8)2)23(17-15(20-11)18(28)22-19(29)21-17)6-14(16(27)13(26)7-24)33-34(30,31)32-10(3)25;1-7-3-9-10(4-8(7)2)21(5-11(23)14(25)12(24)6-22)15-13(18-9)16(26)20-17(27)19-15/h4-5,13-14,16,24,26-27H,6-7H2,1-3H3,(H,30,31)(H,22,28,29);3-4,11-12,14,22-25H,5-6H2,1-2H3,(H,20,26,27)/t13-,14+,16-;11-,12+,14-/m01/s1. The largest absolute Gasteiger partial charge is 0.530 e. The fourth-order valence-electron chi connectivity index (χ4n) is 6.22. The molecule has 4 aliphatic heterocycles. The summed E-state index contributed by atoms with van der Waals surface area (Å²) < 4.78 is 24.1. The van der Waals surface area contributed by atoms with Crippen LogP contribution in [0.4, 0.5) is 0 Å². The third-order valence-electron chi connectivity index (χ3n) is 9.63. The predicted molar refractivity (Wildman–Crippen MR) is 212 cm³/mol. The van der Waals surface area contributed by atoms with Crippen molar-refractivity contribution in [2.24, 2.45) is 0 Å². The summed E-state index contributed by atoms with van der Waals surface area (Å²) >= 11 is 0. The highest BCUT2D eigenvalue weighted by molar-refractivity contribution is 7.48. The monoisotopic (exact) mass is 874 g/mol. The van der Waals surface area contributed by atoms with Gasteiger partial charge in [-0.15, -0.1) is 0 Å². The zero-order valence-corrected chi connectivity index (χ0v) is 34.0.